The number of hydrogen-bond donors (Lipinski definition) is 2. The summed E-state index contributed by atoms with van der Waals surface area (Å²) >= 11 is 0. The quantitative estimate of drug-likeness (QED) is 0.848. The van der Waals surface area contributed by atoms with E-state index in [0.717, 1.165) is 32.3 Å². The van der Waals surface area contributed by atoms with Gasteiger partial charge in [-0.2, -0.15) is 4.98 Å². The number of aromatic nitrogens is 2. The molecule has 2 aliphatic heterocycles. The summed E-state index contributed by atoms with van der Waals surface area (Å²) in [6, 6.07) is -0.516. The number of ether oxygens (including phenoxy) is 2. The number of rotatable bonds is 5. The molecule has 128 valence electrons. The van der Waals surface area contributed by atoms with E-state index >= 15 is 0 Å². The minimum Gasteiger partial charge on any atom is -0.381 e. The van der Waals surface area contributed by atoms with E-state index in [-0.39, 0.29) is 24.1 Å². The van der Waals surface area contributed by atoms with Crippen LogP contribution in [-0.4, -0.2) is 48.6 Å². The van der Waals surface area contributed by atoms with Gasteiger partial charge in [0.05, 0.1) is 6.10 Å². The van der Waals surface area contributed by atoms with Crippen molar-refractivity contribution in [3.05, 3.63) is 11.7 Å². The summed E-state index contributed by atoms with van der Waals surface area (Å²) in [5.74, 6) is 1.26. The monoisotopic (exact) mass is 324 g/mol. The number of carbonyl (C=O) groups is 1. The van der Waals surface area contributed by atoms with E-state index < -0.39 is 0 Å². The van der Waals surface area contributed by atoms with Crippen LogP contribution in [0.4, 0.5) is 4.79 Å². The van der Waals surface area contributed by atoms with Crippen LogP contribution in [0, 0.1) is 12.8 Å². The van der Waals surface area contributed by atoms with Crippen molar-refractivity contribution in [3.8, 4) is 0 Å². The first-order valence-electron chi connectivity index (χ1n) is 8.26. The smallest absolute Gasteiger partial charge is 0.315 e. The Balaban J connectivity index is 1.59. The summed E-state index contributed by atoms with van der Waals surface area (Å²) in [5.41, 5.74) is 0. The Morgan fingerprint density at radius 1 is 1.30 bits per heavy atom. The van der Waals surface area contributed by atoms with Gasteiger partial charge in [0.15, 0.2) is 5.82 Å². The third kappa shape index (κ3) is 4.42. The lowest BCUT2D eigenvalue weighted by Crippen LogP contribution is -2.44. The second kappa shape index (κ2) is 7.74. The number of nitrogens with one attached hydrogen (secondary N) is 2. The van der Waals surface area contributed by atoms with E-state index in [1.807, 2.05) is 0 Å². The highest BCUT2D eigenvalue weighted by atomic mass is 16.5. The largest absolute Gasteiger partial charge is 0.381 e. The van der Waals surface area contributed by atoms with Crippen molar-refractivity contribution in [2.45, 2.75) is 44.8 Å². The molecule has 0 aliphatic carbocycles. The maximum Gasteiger partial charge on any atom is 0.315 e. The van der Waals surface area contributed by atoms with Gasteiger partial charge in [0.25, 0.3) is 0 Å². The van der Waals surface area contributed by atoms with Crippen LogP contribution in [0.1, 0.15) is 43.4 Å². The molecule has 2 aliphatic rings. The Kier molecular flexibility index (Phi) is 5.45. The molecule has 3 rings (SSSR count). The zero-order valence-corrected chi connectivity index (χ0v) is 13.4. The van der Waals surface area contributed by atoms with Gasteiger partial charge >= 0.3 is 6.03 Å². The van der Waals surface area contributed by atoms with E-state index in [9.17, 15) is 4.79 Å². The molecule has 0 saturated carbocycles. The fourth-order valence-electron chi connectivity index (χ4n) is 3.07. The molecule has 2 fully saturated rings. The fraction of sp³-hybridized carbons (Fsp3) is 0.800. The summed E-state index contributed by atoms with van der Waals surface area (Å²) in [7, 11) is 0. The molecule has 8 nitrogen and oxygen atoms in total. The summed E-state index contributed by atoms with van der Waals surface area (Å²) in [6.45, 7) is 4.45. The average molecular weight is 324 g/mol. The predicted octanol–water partition coefficient (Wildman–Crippen LogP) is 1.32. The van der Waals surface area contributed by atoms with E-state index in [1.165, 1.54) is 0 Å². The van der Waals surface area contributed by atoms with Crippen molar-refractivity contribution < 1.29 is 18.8 Å². The van der Waals surface area contributed by atoms with Crippen LogP contribution in [0.2, 0.25) is 0 Å². The van der Waals surface area contributed by atoms with E-state index in [4.69, 9.17) is 14.0 Å². The summed E-state index contributed by atoms with van der Waals surface area (Å²) < 4.78 is 16.2. The zero-order chi connectivity index (χ0) is 16.1. The molecule has 2 saturated heterocycles. The molecule has 0 bridgehead atoms. The van der Waals surface area contributed by atoms with Crippen molar-refractivity contribution in [1.29, 1.82) is 0 Å². The van der Waals surface area contributed by atoms with E-state index in [1.54, 1.807) is 6.92 Å². The van der Waals surface area contributed by atoms with E-state index in [0.29, 0.717) is 31.5 Å². The van der Waals surface area contributed by atoms with Gasteiger partial charge in [0.1, 0.15) is 6.04 Å². The molecule has 2 atom stereocenters. The van der Waals surface area contributed by atoms with Gasteiger partial charge in [-0.3, -0.25) is 0 Å². The second-order valence-electron chi connectivity index (χ2n) is 6.10. The molecular weight excluding hydrogens is 300 g/mol. The summed E-state index contributed by atoms with van der Waals surface area (Å²) in [4.78, 5) is 16.5. The lowest BCUT2D eigenvalue weighted by atomic mass is 9.91. The normalized spacial score (nSPS) is 23.6. The molecule has 1 aromatic rings. The number of aryl methyl sites for hydroxylation is 1. The van der Waals surface area contributed by atoms with Crippen molar-refractivity contribution in [3.63, 3.8) is 0 Å². The fourth-order valence-corrected chi connectivity index (χ4v) is 3.07. The molecule has 2 amide bonds. The maximum atomic E-state index is 12.2. The minimum absolute atomic E-state index is 0.118. The first-order chi connectivity index (χ1) is 11.2. The highest BCUT2D eigenvalue weighted by Crippen LogP contribution is 2.29. The molecule has 1 aromatic heterocycles. The molecule has 2 N–H and O–H groups in total. The van der Waals surface area contributed by atoms with Crippen LogP contribution in [0.3, 0.4) is 0 Å². The Morgan fingerprint density at radius 2 is 2.13 bits per heavy atom. The molecule has 8 heteroatoms. The molecule has 3 heterocycles. The highest BCUT2D eigenvalue weighted by Gasteiger charge is 2.31. The van der Waals surface area contributed by atoms with Gasteiger partial charge in [-0.15, -0.1) is 0 Å². The molecule has 0 aromatic carbocycles. The number of hydrogen-bond acceptors (Lipinski definition) is 6. The second-order valence-corrected chi connectivity index (χ2v) is 6.10. The zero-order valence-electron chi connectivity index (χ0n) is 13.4. The van der Waals surface area contributed by atoms with Gasteiger partial charge in [-0.1, -0.05) is 5.16 Å². The van der Waals surface area contributed by atoms with Gasteiger partial charge in [-0.25, -0.2) is 4.79 Å². The third-order valence-electron chi connectivity index (χ3n) is 4.35. The van der Waals surface area contributed by atoms with Crippen LogP contribution in [0.15, 0.2) is 4.52 Å². The van der Waals surface area contributed by atoms with Gasteiger partial charge < -0.3 is 24.6 Å². The molecule has 23 heavy (non-hydrogen) atoms. The predicted molar refractivity (Wildman–Crippen MR) is 80.8 cm³/mol. The van der Waals surface area contributed by atoms with Crippen molar-refractivity contribution in [1.82, 2.24) is 20.8 Å². The lowest BCUT2D eigenvalue weighted by Gasteiger charge is -2.28. The molecule has 0 radical (unpaired) electrons. The number of amides is 2. The summed E-state index contributed by atoms with van der Waals surface area (Å²) in [6.07, 6.45) is 3.88. The standard InChI is InChI=1S/C15H24N4O4/c1-10-17-14(23-19-10)13(11-4-7-21-8-5-11)18-15(20)16-9-12-3-2-6-22-12/h11-13H,2-9H2,1H3,(H2,16,18,20). The topological polar surface area (TPSA) is 98.5 Å². The average Bonchev–Trinajstić information content (AvgIpc) is 3.23. The van der Waals surface area contributed by atoms with Crippen LogP contribution in [0.25, 0.3) is 0 Å². The van der Waals surface area contributed by atoms with Crippen LogP contribution >= 0.6 is 0 Å². The van der Waals surface area contributed by atoms with Gasteiger partial charge in [-0.05, 0) is 38.5 Å². The first kappa shape index (κ1) is 16.2. The minimum atomic E-state index is -0.287. The molecular formula is C15H24N4O4. The molecule has 2 unspecified atom stereocenters. The Bertz CT molecular complexity index is 509. The highest BCUT2D eigenvalue weighted by molar-refractivity contribution is 5.74. The Hall–Kier alpha value is -1.67. The first-order valence-corrected chi connectivity index (χ1v) is 8.26. The van der Waals surface area contributed by atoms with Crippen LogP contribution in [-0.2, 0) is 9.47 Å². The Morgan fingerprint density at radius 3 is 2.78 bits per heavy atom. The maximum absolute atomic E-state index is 12.2. The number of urea groups is 1. The SMILES string of the molecule is Cc1noc(C(NC(=O)NCC2CCCO2)C2CCOCC2)n1. The Labute approximate surface area is 135 Å². The van der Waals surface area contributed by atoms with Gasteiger partial charge in [0, 0.05) is 26.4 Å². The lowest BCUT2D eigenvalue weighted by molar-refractivity contribution is 0.0501. The third-order valence-corrected chi connectivity index (χ3v) is 4.35. The van der Waals surface area contributed by atoms with Crippen molar-refractivity contribution in [2.24, 2.45) is 5.92 Å². The van der Waals surface area contributed by atoms with Gasteiger partial charge in [0.2, 0.25) is 5.89 Å². The number of nitrogens with zero attached hydrogens (tertiary/aromatic N) is 2. The summed E-state index contributed by atoms with van der Waals surface area (Å²) in [5, 5.41) is 9.70. The van der Waals surface area contributed by atoms with Crippen LogP contribution < -0.4 is 10.6 Å². The van der Waals surface area contributed by atoms with Crippen molar-refractivity contribution >= 4 is 6.03 Å². The molecule has 0 spiro atoms. The van der Waals surface area contributed by atoms with Crippen molar-refractivity contribution in [2.75, 3.05) is 26.4 Å². The van der Waals surface area contributed by atoms with Crippen LogP contribution in [0.5, 0.6) is 0 Å². The van der Waals surface area contributed by atoms with E-state index in [2.05, 4.69) is 20.8 Å². The number of carbonyl (C=O) groups excluding carboxylic acids is 1.